The summed E-state index contributed by atoms with van der Waals surface area (Å²) < 4.78 is 0. The minimum absolute atomic E-state index is 0.0535. The highest BCUT2D eigenvalue weighted by Crippen LogP contribution is 2.51. The molecule has 136 valence electrons. The predicted molar refractivity (Wildman–Crippen MR) is 116 cm³/mol. The Kier molecular flexibility index (Phi) is 4.26. The molecular formula is C24H20N4. The molecule has 1 aliphatic heterocycles. The smallest absolute Gasteiger partial charge is 0.202 e. The van der Waals surface area contributed by atoms with Gasteiger partial charge in [-0.25, -0.2) is 9.69 Å². The van der Waals surface area contributed by atoms with Crippen LogP contribution in [0.3, 0.4) is 0 Å². The molecule has 4 rings (SSSR count). The summed E-state index contributed by atoms with van der Waals surface area (Å²) in [6.45, 7) is 19.2. The first-order valence-electron chi connectivity index (χ1n) is 9.16. The van der Waals surface area contributed by atoms with E-state index in [2.05, 4.69) is 63.7 Å². The number of benzene rings is 3. The van der Waals surface area contributed by atoms with Crippen molar-refractivity contribution in [2.75, 3.05) is 16.8 Å². The highest BCUT2D eigenvalue weighted by molar-refractivity contribution is 5.96. The minimum Gasteiger partial charge on any atom is -0.355 e. The van der Waals surface area contributed by atoms with Crippen LogP contribution < -0.4 is 9.80 Å². The van der Waals surface area contributed by atoms with Crippen LogP contribution in [-0.2, 0) is 0 Å². The van der Waals surface area contributed by atoms with E-state index in [1.165, 1.54) is 11.1 Å². The summed E-state index contributed by atoms with van der Waals surface area (Å²) >= 11 is 0. The Balaban J connectivity index is 1.86. The van der Waals surface area contributed by atoms with E-state index in [1.54, 1.807) is 6.07 Å². The van der Waals surface area contributed by atoms with Gasteiger partial charge < -0.3 is 9.80 Å². The van der Waals surface area contributed by atoms with E-state index in [0.29, 0.717) is 11.4 Å². The van der Waals surface area contributed by atoms with Gasteiger partial charge in [-0.05, 0) is 54.8 Å². The Labute approximate surface area is 165 Å². The number of hydrogen-bond acceptors (Lipinski definition) is 2. The molecule has 1 heterocycles. The number of rotatable bonds is 2. The van der Waals surface area contributed by atoms with Crippen molar-refractivity contribution >= 4 is 28.4 Å². The van der Waals surface area contributed by atoms with E-state index >= 15 is 0 Å². The Morgan fingerprint density at radius 2 is 1.61 bits per heavy atom. The monoisotopic (exact) mass is 364 g/mol. The minimum atomic E-state index is 0.0535. The standard InChI is InChI=1S/C24H20N4/c1-16-13-19(18-9-7-6-8-10-18)11-12-22(16)28-17(2)27(5)23-15-20(25-3)14-21(26-4)24(23)28/h6-15,17H,1-2,5H3/t17-/m0/s1. The average molecular weight is 364 g/mol. The molecule has 0 radical (unpaired) electrons. The van der Waals surface area contributed by atoms with Crippen LogP contribution in [0.25, 0.3) is 20.8 Å². The maximum absolute atomic E-state index is 7.65. The van der Waals surface area contributed by atoms with Crippen molar-refractivity contribution < 1.29 is 0 Å². The topological polar surface area (TPSA) is 15.2 Å². The quantitative estimate of drug-likeness (QED) is 0.470. The number of hydrogen-bond donors (Lipinski definition) is 0. The molecule has 1 aliphatic rings. The lowest BCUT2D eigenvalue weighted by Crippen LogP contribution is -2.35. The molecular weight excluding hydrogens is 344 g/mol. The van der Waals surface area contributed by atoms with E-state index in [1.807, 2.05) is 31.3 Å². The van der Waals surface area contributed by atoms with Crippen LogP contribution in [-0.4, -0.2) is 13.2 Å². The van der Waals surface area contributed by atoms with E-state index < -0.39 is 0 Å². The molecule has 0 spiro atoms. The van der Waals surface area contributed by atoms with Gasteiger partial charge in [0, 0.05) is 18.4 Å². The molecule has 0 unspecified atom stereocenters. The maximum atomic E-state index is 7.65. The van der Waals surface area contributed by atoms with E-state index in [0.717, 1.165) is 22.6 Å². The van der Waals surface area contributed by atoms with E-state index in [-0.39, 0.29) is 6.17 Å². The largest absolute Gasteiger partial charge is 0.355 e. The van der Waals surface area contributed by atoms with Crippen molar-refractivity contribution in [2.45, 2.75) is 20.0 Å². The molecule has 3 aromatic rings. The van der Waals surface area contributed by atoms with Crippen LogP contribution in [0, 0.1) is 20.1 Å². The summed E-state index contributed by atoms with van der Waals surface area (Å²) in [6, 6.07) is 20.4. The second-order valence-corrected chi connectivity index (χ2v) is 7.04. The van der Waals surface area contributed by atoms with Crippen molar-refractivity contribution in [1.29, 1.82) is 0 Å². The summed E-state index contributed by atoms with van der Waals surface area (Å²) in [5.74, 6) is 0. The average Bonchev–Trinajstić information content (AvgIpc) is 2.98. The van der Waals surface area contributed by atoms with Gasteiger partial charge in [0.25, 0.3) is 0 Å². The molecule has 0 aromatic heterocycles. The molecule has 0 aliphatic carbocycles. The third kappa shape index (κ3) is 2.68. The zero-order chi connectivity index (χ0) is 19.8. The lowest BCUT2D eigenvalue weighted by molar-refractivity contribution is 0.733. The predicted octanol–water partition coefficient (Wildman–Crippen LogP) is 6.70. The van der Waals surface area contributed by atoms with Crippen LogP contribution in [0.5, 0.6) is 0 Å². The van der Waals surface area contributed by atoms with E-state index in [4.69, 9.17) is 13.1 Å². The number of anilines is 3. The zero-order valence-electron chi connectivity index (χ0n) is 16.1. The first kappa shape index (κ1) is 17.6. The fourth-order valence-corrected chi connectivity index (χ4v) is 3.87. The molecule has 0 N–H and O–H groups in total. The number of aryl methyl sites for hydroxylation is 1. The molecule has 4 heteroatoms. The lowest BCUT2D eigenvalue weighted by atomic mass is 10.0. The fourth-order valence-electron chi connectivity index (χ4n) is 3.87. The lowest BCUT2D eigenvalue weighted by Gasteiger charge is -2.30. The molecule has 0 amide bonds. The van der Waals surface area contributed by atoms with Crippen LogP contribution in [0.2, 0.25) is 0 Å². The Morgan fingerprint density at radius 3 is 2.25 bits per heavy atom. The summed E-state index contributed by atoms with van der Waals surface area (Å²) in [5, 5.41) is 0. The molecule has 4 nitrogen and oxygen atoms in total. The van der Waals surface area contributed by atoms with Crippen molar-refractivity contribution in [3.8, 4) is 11.1 Å². The third-order valence-corrected chi connectivity index (χ3v) is 5.42. The van der Waals surface area contributed by atoms with Crippen molar-refractivity contribution in [2.24, 2.45) is 0 Å². The molecule has 28 heavy (non-hydrogen) atoms. The van der Waals surface area contributed by atoms with Gasteiger partial charge in [-0.15, -0.1) is 0 Å². The van der Waals surface area contributed by atoms with Crippen LogP contribution in [0.1, 0.15) is 12.5 Å². The molecule has 3 aromatic carbocycles. The van der Waals surface area contributed by atoms with Crippen molar-refractivity contribution in [3.63, 3.8) is 0 Å². The molecule has 0 saturated carbocycles. The van der Waals surface area contributed by atoms with Gasteiger partial charge in [0.05, 0.1) is 18.8 Å². The maximum Gasteiger partial charge on any atom is 0.202 e. The van der Waals surface area contributed by atoms with E-state index in [9.17, 15) is 0 Å². The van der Waals surface area contributed by atoms with Gasteiger partial charge in [-0.1, -0.05) is 36.4 Å². The molecule has 0 saturated heterocycles. The highest BCUT2D eigenvalue weighted by atomic mass is 15.4. The summed E-state index contributed by atoms with van der Waals surface area (Å²) in [7, 11) is 2.01. The summed E-state index contributed by atoms with van der Waals surface area (Å²) in [5.41, 5.74) is 7.43. The number of fused-ring (bicyclic) bond motifs is 1. The van der Waals surface area contributed by atoms with Gasteiger partial charge in [0.15, 0.2) is 5.69 Å². The molecule has 0 fully saturated rings. The second kappa shape index (κ2) is 6.76. The summed E-state index contributed by atoms with van der Waals surface area (Å²) in [4.78, 5) is 11.6. The first-order valence-corrected chi connectivity index (χ1v) is 9.16. The highest BCUT2D eigenvalue weighted by Gasteiger charge is 2.34. The normalized spacial score (nSPS) is 15.1. The van der Waals surface area contributed by atoms with Crippen molar-refractivity contribution in [3.05, 3.63) is 89.1 Å². The van der Waals surface area contributed by atoms with Crippen LogP contribution >= 0.6 is 0 Å². The number of nitrogens with zero attached hydrogens (tertiary/aromatic N) is 4. The SMILES string of the molecule is [C-]#[N+]c1cc([N+]#[C-])c2c(c1)N(C)[C@H](C)N2c1ccc(-c2ccccc2)cc1C. The first-order chi connectivity index (χ1) is 13.5. The van der Waals surface area contributed by atoms with Gasteiger partial charge in [0.1, 0.15) is 6.17 Å². The van der Waals surface area contributed by atoms with Crippen LogP contribution in [0.4, 0.5) is 28.4 Å². The Hall–Kier alpha value is -3.76. The Bertz CT molecular complexity index is 1140. The van der Waals surface area contributed by atoms with Gasteiger partial charge in [-0.2, -0.15) is 0 Å². The van der Waals surface area contributed by atoms with Gasteiger partial charge in [0.2, 0.25) is 5.69 Å². The molecule has 1 atom stereocenters. The van der Waals surface area contributed by atoms with Gasteiger partial charge >= 0.3 is 0 Å². The Morgan fingerprint density at radius 1 is 0.857 bits per heavy atom. The van der Waals surface area contributed by atoms with Crippen LogP contribution in [0.15, 0.2) is 60.7 Å². The molecule has 0 bridgehead atoms. The van der Waals surface area contributed by atoms with Gasteiger partial charge in [-0.3, -0.25) is 0 Å². The third-order valence-electron chi connectivity index (χ3n) is 5.42. The summed E-state index contributed by atoms with van der Waals surface area (Å²) in [6.07, 6.45) is 0.0535. The zero-order valence-corrected chi connectivity index (χ0v) is 16.1. The van der Waals surface area contributed by atoms with Crippen molar-refractivity contribution in [1.82, 2.24) is 0 Å². The second-order valence-electron chi connectivity index (χ2n) is 7.04. The fraction of sp³-hybridized carbons (Fsp3) is 0.167.